The van der Waals surface area contributed by atoms with E-state index in [1.807, 2.05) is 0 Å². The van der Waals surface area contributed by atoms with Gasteiger partial charge in [0, 0.05) is 10.9 Å². The summed E-state index contributed by atoms with van der Waals surface area (Å²) in [6.45, 7) is 0. The third-order valence-corrected chi connectivity index (χ3v) is 7.36. The molecule has 5 nitrogen and oxygen atoms in total. The molecule has 2 aromatic rings. The second kappa shape index (κ2) is 5.21. The first-order valence-electron chi connectivity index (χ1n) is 8.77. The average Bonchev–Trinajstić information content (AvgIpc) is 3.29. The number of nitrogens with one attached hydrogen (secondary N) is 1. The average molecular weight is 357 g/mol. The number of thiophene rings is 1. The Morgan fingerprint density at radius 1 is 1.24 bits per heavy atom. The van der Waals surface area contributed by atoms with E-state index in [1.54, 1.807) is 17.5 Å². The summed E-state index contributed by atoms with van der Waals surface area (Å²) in [5.74, 6) is 1.34. The summed E-state index contributed by atoms with van der Waals surface area (Å²) in [5.41, 5.74) is 0.382. The van der Waals surface area contributed by atoms with Crippen LogP contribution in [0.2, 0.25) is 0 Å². The highest BCUT2D eigenvalue weighted by Crippen LogP contribution is 2.65. The standard InChI is InChI=1S/C19H19NO4S/c21-17(22)15-13(14-2-1-3-24-14)9-25-16(15)20-18(23)19-7-10-4-11(8-19)6-12(19)5-10/h1-3,9-12H,4-8H2,(H,20,23)(H,21,22). The van der Waals surface area contributed by atoms with Crippen LogP contribution in [-0.2, 0) is 4.79 Å². The SMILES string of the molecule is O=C(O)c1c(-c2ccco2)csc1NC(=O)C12CC3CC(CC1C3)C2. The summed E-state index contributed by atoms with van der Waals surface area (Å²) < 4.78 is 5.35. The number of carboxylic acid groups (broad SMARTS) is 1. The van der Waals surface area contributed by atoms with Gasteiger partial charge in [0.25, 0.3) is 0 Å². The molecule has 4 aliphatic rings. The zero-order valence-corrected chi connectivity index (χ0v) is 14.5. The van der Waals surface area contributed by atoms with Crippen LogP contribution >= 0.6 is 11.3 Å². The van der Waals surface area contributed by atoms with Crippen LogP contribution in [0.25, 0.3) is 11.3 Å². The van der Waals surface area contributed by atoms with Crippen molar-refractivity contribution >= 4 is 28.2 Å². The molecule has 6 rings (SSSR count). The minimum Gasteiger partial charge on any atom is -0.478 e. The number of rotatable bonds is 4. The molecule has 130 valence electrons. The molecule has 4 fully saturated rings. The maximum Gasteiger partial charge on any atom is 0.339 e. The fourth-order valence-corrected chi connectivity index (χ4v) is 6.61. The van der Waals surface area contributed by atoms with E-state index in [1.165, 1.54) is 24.0 Å². The summed E-state index contributed by atoms with van der Waals surface area (Å²) >= 11 is 1.26. The van der Waals surface area contributed by atoms with Crippen molar-refractivity contribution in [1.82, 2.24) is 0 Å². The Kier molecular flexibility index (Phi) is 3.17. The van der Waals surface area contributed by atoms with Gasteiger partial charge in [-0.25, -0.2) is 4.79 Å². The first-order valence-corrected chi connectivity index (χ1v) is 9.65. The molecule has 0 aliphatic heterocycles. The van der Waals surface area contributed by atoms with Gasteiger partial charge < -0.3 is 14.8 Å². The van der Waals surface area contributed by atoms with Crippen LogP contribution < -0.4 is 5.32 Å². The molecule has 4 aliphatic carbocycles. The lowest BCUT2D eigenvalue weighted by Gasteiger charge is -2.31. The largest absolute Gasteiger partial charge is 0.478 e. The molecule has 25 heavy (non-hydrogen) atoms. The lowest BCUT2D eigenvalue weighted by molar-refractivity contribution is -0.127. The monoisotopic (exact) mass is 357 g/mol. The Morgan fingerprint density at radius 2 is 2.00 bits per heavy atom. The highest BCUT2D eigenvalue weighted by Gasteiger charge is 2.61. The number of hydrogen-bond acceptors (Lipinski definition) is 4. The van der Waals surface area contributed by atoms with Crippen molar-refractivity contribution in [3.63, 3.8) is 0 Å². The maximum atomic E-state index is 13.1. The number of carbonyl (C=O) groups excluding carboxylic acids is 1. The van der Waals surface area contributed by atoms with Crippen molar-refractivity contribution in [1.29, 1.82) is 0 Å². The number of hydrogen-bond donors (Lipinski definition) is 2. The van der Waals surface area contributed by atoms with E-state index in [0.717, 1.165) is 25.7 Å². The molecule has 2 atom stereocenters. The van der Waals surface area contributed by atoms with Crippen molar-refractivity contribution in [3.05, 3.63) is 29.3 Å². The first kappa shape index (κ1) is 15.2. The minimum atomic E-state index is -1.04. The zero-order chi connectivity index (χ0) is 17.2. The topological polar surface area (TPSA) is 79.5 Å². The zero-order valence-electron chi connectivity index (χ0n) is 13.7. The van der Waals surface area contributed by atoms with Gasteiger partial charge in [0.15, 0.2) is 0 Å². The van der Waals surface area contributed by atoms with Crippen LogP contribution in [0.15, 0.2) is 28.2 Å². The maximum absolute atomic E-state index is 13.1. The fraction of sp³-hybridized carbons (Fsp3) is 0.474. The lowest BCUT2D eigenvalue weighted by Crippen LogP contribution is -2.37. The van der Waals surface area contributed by atoms with Gasteiger partial charge in [-0.15, -0.1) is 11.3 Å². The Morgan fingerprint density at radius 3 is 2.64 bits per heavy atom. The Hall–Kier alpha value is -2.08. The van der Waals surface area contributed by atoms with Gasteiger partial charge in [-0.2, -0.15) is 0 Å². The van der Waals surface area contributed by atoms with Crippen molar-refractivity contribution in [3.8, 4) is 11.3 Å². The number of carbonyl (C=O) groups is 2. The smallest absolute Gasteiger partial charge is 0.339 e. The summed E-state index contributed by atoms with van der Waals surface area (Å²) in [5, 5.41) is 14.8. The van der Waals surface area contributed by atoms with E-state index in [4.69, 9.17) is 4.42 Å². The van der Waals surface area contributed by atoms with Gasteiger partial charge in [-0.05, 0) is 62.0 Å². The van der Waals surface area contributed by atoms with Crippen molar-refractivity contribution in [2.75, 3.05) is 5.32 Å². The van der Waals surface area contributed by atoms with Crippen LogP contribution in [0.4, 0.5) is 5.00 Å². The molecule has 2 N–H and O–H groups in total. The Balaban J connectivity index is 1.47. The fourth-order valence-electron chi connectivity index (χ4n) is 5.67. The predicted molar refractivity (Wildman–Crippen MR) is 93.6 cm³/mol. The Labute approximate surface area is 149 Å². The molecule has 0 aromatic carbocycles. The second-order valence-electron chi connectivity index (χ2n) is 7.79. The van der Waals surface area contributed by atoms with Crippen molar-refractivity contribution < 1.29 is 19.1 Å². The van der Waals surface area contributed by atoms with Crippen LogP contribution in [0.3, 0.4) is 0 Å². The molecule has 0 spiro atoms. The van der Waals surface area contributed by atoms with Crippen LogP contribution in [0.1, 0.15) is 42.5 Å². The third kappa shape index (κ3) is 2.13. The first-order chi connectivity index (χ1) is 12.1. The lowest BCUT2D eigenvalue weighted by atomic mass is 9.75. The van der Waals surface area contributed by atoms with E-state index in [0.29, 0.717) is 34.1 Å². The molecule has 4 saturated carbocycles. The summed E-state index contributed by atoms with van der Waals surface area (Å²) in [4.78, 5) is 24.9. The van der Waals surface area contributed by atoms with E-state index in [9.17, 15) is 14.7 Å². The molecule has 0 radical (unpaired) electrons. The summed E-state index contributed by atoms with van der Waals surface area (Å²) in [6.07, 6.45) is 7.06. The van der Waals surface area contributed by atoms with Crippen molar-refractivity contribution in [2.24, 2.45) is 23.2 Å². The van der Waals surface area contributed by atoms with E-state index >= 15 is 0 Å². The van der Waals surface area contributed by atoms with E-state index in [2.05, 4.69) is 5.32 Å². The molecule has 2 aromatic heterocycles. The number of anilines is 1. The second-order valence-corrected chi connectivity index (χ2v) is 8.67. The number of amides is 1. The Bertz CT molecular complexity index is 839. The van der Waals surface area contributed by atoms with Crippen molar-refractivity contribution in [2.45, 2.75) is 32.1 Å². The molecule has 2 unspecified atom stereocenters. The van der Waals surface area contributed by atoms with E-state index in [-0.39, 0.29) is 16.9 Å². The quantitative estimate of drug-likeness (QED) is 0.846. The van der Waals surface area contributed by atoms with Crippen LogP contribution in [-0.4, -0.2) is 17.0 Å². The number of aromatic carboxylic acids is 1. The van der Waals surface area contributed by atoms with E-state index < -0.39 is 5.97 Å². The van der Waals surface area contributed by atoms with Gasteiger partial charge in [0.1, 0.15) is 16.3 Å². The summed E-state index contributed by atoms with van der Waals surface area (Å²) in [7, 11) is 0. The highest BCUT2D eigenvalue weighted by molar-refractivity contribution is 7.15. The number of furan rings is 1. The minimum absolute atomic E-state index is 0.0255. The van der Waals surface area contributed by atoms with Gasteiger partial charge >= 0.3 is 5.97 Å². The van der Waals surface area contributed by atoms with Gasteiger partial charge in [0.2, 0.25) is 5.91 Å². The highest BCUT2D eigenvalue weighted by atomic mass is 32.1. The molecule has 1 amide bonds. The molecule has 0 saturated heterocycles. The third-order valence-electron chi connectivity index (χ3n) is 6.46. The van der Waals surface area contributed by atoms with Crippen LogP contribution in [0.5, 0.6) is 0 Å². The molecule has 4 bridgehead atoms. The summed E-state index contributed by atoms with van der Waals surface area (Å²) in [6, 6.07) is 3.46. The number of carboxylic acids is 1. The molecule has 2 heterocycles. The predicted octanol–water partition coefficient (Wildman–Crippen LogP) is 4.47. The molecule has 6 heteroatoms. The molecular weight excluding hydrogens is 338 g/mol. The van der Waals surface area contributed by atoms with Gasteiger partial charge in [-0.1, -0.05) is 0 Å². The van der Waals surface area contributed by atoms with Gasteiger partial charge in [-0.3, -0.25) is 4.79 Å². The van der Waals surface area contributed by atoms with Crippen LogP contribution in [0, 0.1) is 23.2 Å². The molecular formula is C19H19NO4S. The normalized spacial score (nSPS) is 32.2. The van der Waals surface area contributed by atoms with Gasteiger partial charge in [0.05, 0.1) is 11.7 Å².